The summed E-state index contributed by atoms with van der Waals surface area (Å²) in [5.41, 5.74) is 3.06. The van der Waals surface area contributed by atoms with Crippen molar-refractivity contribution in [3.05, 3.63) is 72.2 Å². The molecule has 0 spiro atoms. The zero-order chi connectivity index (χ0) is 15.6. The van der Waals surface area contributed by atoms with Gasteiger partial charge in [-0.05, 0) is 24.3 Å². The van der Waals surface area contributed by atoms with Gasteiger partial charge in [0.2, 0.25) is 0 Å². The van der Waals surface area contributed by atoms with Gasteiger partial charge in [0.05, 0.1) is 23.1 Å². The number of rotatable bonds is 3. The van der Waals surface area contributed by atoms with E-state index in [1.54, 1.807) is 6.07 Å². The predicted molar refractivity (Wildman–Crippen MR) is 89.0 cm³/mol. The topological polar surface area (TPSA) is 70.7 Å². The molecule has 0 atom stereocenters. The second kappa shape index (κ2) is 5.53. The Morgan fingerprint density at radius 1 is 0.913 bits per heavy atom. The van der Waals surface area contributed by atoms with Gasteiger partial charge in [0.1, 0.15) is 11.5 Å². The van der Waals surface area contributed by atoms with Gasteiger partial charge in [-0.25, -0.2) is 9.97 Å². The molecule has 4 rings (SSSR count). The third-order valence-corrected chi connectivity index (χ3v) is 3.69. The fourth-order valence-electron chi connectivity index (χ4n) is 2.54. The van der Waals surface area contributed by atoms with Crippen molar-refractivity contribution in [2.75, 3.05) is 0 Å². The molecule has 0 fully saturated rings. The van der Waals surface area contributed by atoms with Crippen LogP contribution in [0.25, 0.3) is 21.9 Å². The number of amides is 1. The second-order valence-electron chi connectivity index (χ2n) is 5.27. The van der Waals surface area contributed by atoms with E-state index in [1.807, 2.05) is 54.6 Å². The third-order valence-electron chi connectivity index (χ3n) is 3.69. The van der Waals surface area contributed by atoms with Gasteiger partial charge in [0.25, 0.3) is 5.91 Å². The van der Waals surface area contributed by atoms with Crippen LogP contribution in [0.3, 0.4) is 0 Å². The van der Waals surface area contributed by atoms with Crippen LogP contribution >= 0.6 is 0 Å². The molecule has 5 heteroatoms. The summed E-state index contributed by atoms with van der Waals surface area (Å²) in [7, 11) is 0. The van der Waals surface area contributed by atoms with Crippen molar-refractivity contribution in [2.24, 2.45) is 0 Å². The van der Waals surface area contributed by atoms with E-state index in [0.29, 0.717) is 12.2 Å². The average Bonchev–Trinajstić information content (AvgIpc) is 3.02. The lowest BCUT2D eigenvalue weighted by atomic mass is 10.2. The van der Waals surface area contributed by atoms with Crippen molar-refractivity contribution < 1.29 is 4.79 Å². The highest BCUT2D eigenvalue weighted by atomic mass is 16.1. The first-order valence-corrected chi connectivity index (χ1v) is 7.37. The van der Waals surface area contributed by atoms with Crippen molar-refractivity contribution in [3.8, 4) is 0 Å². The average molecular weight is 302 g/mol. The zero-order valence-electron chi connectivity index (χ0n) is 12.3. The standard InChI is InChI=1S/C18H14N4O/c23-18(16-10-9-12-5-1-2-6-13(12)20-16)19-11-17-21-14-7-3-4-8-15(14)22-17/h1-10H,11H2,(H,19,23)(H,21,22). The minimum absolute atomic E-state index is 0.212. The van der Waals surface area contributed by atoms with E-state index in [0.717, 1.165) is 27.8 Å². The summed E-state index contributed by atoms with van der Waals surface area (Å²) in [6, 6.07) is 19.1. The zero-order valence-corrected chi connectivity index (χ0v) is 12.3. The van der Waals surface area contributed by atoms with E-state index in [-0.39, 0.29) is 5.91 Å². The number of hydrogen-bond donors (Lipinski definition) is 2. The number of hydrogen-bond acceptors (Lipinski definition) is 3. The summed E-state index contributed by atoms with van der Waals surface area (Å²) in [5, 5.41) is 3.86. The maximum atomic E-state index is 12.3. The molecule has 4 aromatic rings. The SMILES string of the molecule is O=C(NCc1nc2ccccc2[nH]1)c1ccc2ccccc2n1. The lowest BCUT2D eigenvalue weighted by molar-refractivity contribution is 0.0945. The van der Waals surface area contributed by atoms with Gasteiger partial charge < -0.3 is 10.3 Å². The Morgan fingerprint density at radius 2 is 1.70 bits per heavy atom. The van der Waals surface area contributed by atoms with Crippen molar-refractivity contribution in [3.63, 3.8) is 0 Å². The Balaban J connectivity index is 1.52. The van der Waals surface area contributed by atoms with E-state index in [2.05, 4.69) is 20.3 Å². The van der Waals surface area contributed by atoms with Crippen LogP contribution in [0.4, 0.5) is 0 Å². The van der Waals surface area contributed by atoms with Crippen LogP contribution in [0.1, 0.15) is 16.3 Å². The number of imidazole rings is 1. The number of fused-ring (bicyclic) bond motifs is 2. The van der Waals surface area contributed by atoms with E-state index in [4.69, 9.17) is 0 Å². The summed E-state index contributed by atoms with van der Waals surface area (Å²) in [5.74, 6) is 0.511. The number of benzene rings is 2. The highest BCUT2D eigenvalue weighted by molar-refractivity contribution is 5.94. The number of carbonyl (C=O) groups excluding carboxylic acids is 1. The molecule has 5 nitrogen and oxygen atoms in total. The summed E-state index contributed by atoms with van der Waals surface area (Å²) in [6.07, 6.45) is 0. The molecule has 112 valence electrons. The van der Waals surface area contributed by atoms with Gasteiger partial charge in [0.15, 0.2) is 0 Å². The molecule has 0 unspecified atom stereocenters. The summed E-state index contributed by atoms with van der Waals surface area (Å²) < 4.78 is 0. The molecule has 0 saturated carbocycles. The predicted octanol–water partition coefficient (Wildman–Crippen LogP) is 3.04. The first-order chi connectivity index (χ1) is 11.3. The van der Waals surface area contributed by atoms with Crippen LogP contribution in [0.2, 0.25) is 0 Å². The Morgan fingerprint density at radius 3 is 2.57 bits per heavy atom. The van der Waals surface area contributed by atoms with Crippen LogP contribution in [0.15, 0.2) is 60.7 Å². The molecular weight excluding hydrogens is 288 g/mol. The van der Waals surface area contributed by atoms with Crippen LogP contribution in [0, 0.1) is 0 Å². The number of nitrogens with zero attached hydrogens (tertiary/aromatic N) is 2. The Hall–Kier alpha value is -3.21. The molecule has 23 heavy (non-hydrogen) atoms. The monoisotopic (exact) mass is 302 g/mol. The molecule has 2 N–H and O–H groups in total. The van der Waals surface area contributed by atoms with Crippen molar-refractivity contribution >= 4 is 27.8 Å². The van der Waals surface area contributed by atoms with Gasteiger partial charge in [-0.1, -0.05) is 36.4 Å². The van der Waals surface area contributed by atoms with Gasteiger partial charge >= 0.3 is 0 Å². The highest BCUT2D eigenvalue weighted by Gasteiger charge is 2.09. The summed E-state index contributed by atoms with van der Waals surface area (Å²) >= 11 is 0. The van der Waals surface area contributed by atoms with E-state index in [1.165, 1.54) is 0 Å². The Labute approximate surface area is 132 Å². The molecule has 0 bridgehead atoms. The number of aromatic amines is 1. The van der Waals surface area contributed by atoms with E-state index >= 15 is 0 Å². The quantitative estimate of drug-likeness (QED) is 0.611. The van der Waals surface area contributed by atoms with Crippen LogP contribution in [-0.4, -0.2) is 20.9 Å². The van der Waals surface area contributed by atoms with E-state index < -0.39 is 0 Å². The Kier molecular flexibility index (Phi) is 3.24. The molecule has 2 aromatic carbocycles. The fourth-order valence-corrected chi connectivity index (χ4v) is 2.54. The second-order valence-corrected chi connectivity index (χ2v) is 5.27. The molecule has 0 aliphatic heterocycles. The normalized spacial score (nSPS) is 11.0. The lowest BCUT2D eigenvalue weighted by Gasteiger charge is -2.04. The van der Waals surface area contributed by atoms with Crippen molar-refractivity contribution in [2.45, 2.75) is 6.54 Å². The largest absolute Gasteiger partial charge is 0.343 e. The molecule has 0 radical (unpaired) electrons. The summed E-state index contributed by atoms with van der Waals surface area (Å²) in [6.45, 7) is 0.335. The number of pyridine rings is 1. The van der Waals surface area contributed by atoms with Gasteiger partial charge in [-0.2, -0.15) is 0 Å². The molecule has 0 saturated heterocycles. The number of aromatic nitrogens is 3. The number of H-pyrrole nitrogens is 1. The van der Waals surface area contributed by atoms with Crippen LogP contribution < -0.4 is 5.32 Å². The van der Waals surface area contributed by atoms with Gasteiger partial charge in [-0.3, -0.25) is 4.79 Å². The van der Waals surface area contributed by atoms with Crippen LogP contribution in [0.5, 0.6) is 0 Å². The minimum atomic E-state index is -0.212. The minimum Gasteiger partial charge on any atom is -0.343 e. The van der Waals surface area contributed by atoms with Gasteiger partial charge in [-0.15, -0.1) is 0 Å². The summed E-state index contributed by atoms with van der Waals surface area (Å²) in [4.78, 5) is 24.3. The maximum absolute atomic E-state index is 12.3. The third kappa shape index (κ3) is 2.64. The Bertz CT molecular complexity index is 973. The molecule has 2 aromatic heterocycles. The lowest BCUT2D eigenvalue weighted by Crippen LogP contribution is -2.24. The maximum Gasteiger partial charge on any atom is 0.270 e. The molecular formula is C18H14N4O. The first-order valence-electron chi connectivity index (χ1n) is 7.37. The highest BCUT2D eigenvalue weighted by Crippen LogP contribution is 2.12. The van der Waals surface area contributed by atoms with Crippen molar-refractivity contribution in [1.82, 2.24) is 20.3 Å². The number of nitrogens with one attached hydrogen (secondary N) is 2. The molecule has 1 amide bonds. The first kappa shape index (κ1) is 13.5. The number of para-hydroxylation sites is 3. The molecule has 2 heterocycles. The fraction of sp³-hybridized carbons (Fsp3) is 0.0556. The molecule has 0 aliphatic rings. The van der Waals surface area contributed by atoms with Crippen molar-refractivity contribution in [1.29, 1.82) is 0 Å². The number of carbonyl (C=O) groups is 1. The molecule has 0 aliphatic carbocycles. The van der Waals surface area contributed by atoms with Gasteiger partial charge in [0, 0.05) is 5.39 Å². The smallest absolute Gasteiger partial charge is 0.270 e. The van der Waals surface area contributed by atoms with Crippen LogP contribution in [-0.2, 0) is 6.54 Å². The van der Waals surface area contributed by atoms with E-state index in [9.17, 15) is 4.79 Å².